The maximum absolute atomic E-state index is 12.4. The van der Waals surface area contributed by atoms with Crippen molar-refractivity contribution in [3.8, 4) is 0 Å². The molecule has 0 bridgehead atoms. The summed E-state index contributed by atoms with van der Waals surface area (Å²) in [6, 6.07) is 15.4. The van der Waals surface area contributed by atoms with Crippen LogP contribution in [0.3, 0.4) is 0 Å². The third-order valence-electron chi connectivity index (χ3n) is 3.45. The minimum Gasteiger partial charge on any atom is -0.290 e. The molecule has 1 saturated heterocycles. The van der Waals surface area contributed by atoms with Crippen molar-refractivity contribution < 1.29 is 4.79 Å². The molecule has 0 spiro atoms. The number of benzene rings is 2. The van der Waals surface area contributed by atoms with Crippen molar-refractivity contribution in [1.29, 1.82) is 0 Å². The highest BCUT2D eigenvalue weighted by Gasteiger charge is 2.30. The highest BCUT2D eigenvalue weighted by atomic mass is 35.5. The number of rotatable bonds is 3. The number of carbonyl (C=O) groups is 1. The van der Waals surface area contributed by atoms with Crippen LogP contribution in [0, 0.1) is 0 Å². The maximum Gasteiger partial charge on any atom is 0.266 e. The van der Waals surface area contributed by atoms with Gasteiger partial charge in [-0.1, -0.05) is 29.8 Å². The van der Waals surface area contributed by atoms with Gasteiger partial charge in [-0.2, -0.15) is 0 Å². The Labute approximate surface area is 154 Å². The average Bonchev–Trinajstić information content (AvgIpc) is 2.84. The molecule has 0 atom stereocenters. The van der Waals surface area contributed by atoms with Crippen LogP contribution in [0.15, 0.2) is 63.3 Å². The second-order valence-corrected chi connectivity index (χ2v) is 7.45. The van der Waals surface area contributed by atoms with Gasteiger partial charge in [-0.3, -0.25) is 9.69 Å². The maximum atomic E-state index is 12.4. The molecule has 0 aromatic heterocycles. The first-order valence-corrected chi connectivity index (χ1v) is 9.64. The highest BCUT2D eigenvalue weighted by molar-refractivity contribution is 8.18. The summed E-state index contributed by atoms with van der Waals surface area (Å²) < 4.78 is 0. The standard InChI is InChI=1S/C18H15ClN2OS2/c1-21-17(22)16(10-12-6-8-15(23-2)9-7-12)24-18(21)20-14-5-3-4-13(19)11-14/h3-11H,1-2H3/b16-10+,20-18?. The van der Waals surface area contributed by atoms with E-state index in [1.54, 1.807) is 35.8 Å². The van der Waals surface area contributed by atoms with Crippen LogP contribution in [-0.4, -0.2) is 29.3 Å². The Bertz CT molecular complexity index is 831. The van der Waals surface area contributed by atoms with Gasteiger partial charge in [0.15, 0.2) is 5.17 Å². The van der Waals surface area contributed by atoms with E-state index >= 15 is 0 Å². The number of thioether (sulfide) groups is 2. The van der Waals surface area contributed by atoms with Crippen LogP contribution in [-0.2, 0) is 4.79 Å². The zero-order valence-electron chi connectivity index (χ0n) is 13.2. The first-order valence-electron chi connectivity index (χ1n) is 7.23. The lowest BCUT2D eigenvalue weighted by molar-refractivity contribution is -0.121. The van der Waals surface area contributed by atoms with Crippen molar-refractivity contribution in [2.45, 2.75) is 4.90 Å². The number of nitrogens with zero attached hydrogens (tertiary/aromatic N) is 2. The Morgan fingerprint density at radius 2 is 1.96 bits per heavy atom. The average molecular weight is 375 g/mol. The van der Waals surface area contributed by atoms with Crippen LogP contribution in [0.4, 0.5) is 5.69 Å². The number of amides is 1. The van der Waals surface area contributed by atoms with E-state index in [4.69, 9.17) is 11.6 Å². The van der Waals surface area contributed by atoms with E-state index in [1.807, 2.05) is 48.7 Å². The summed E-state index contributed by atoms with van der Waals surface area (Å²) >= 11 is 9.05. The number of likely N-dealkylation sites (N-methyl/N-ethyl adjacent to an activating group) is 1. The molecule has 0 radical (unpaired) electrons. The van der Waals surface area contributed by atoms with Crippen LogP contribution < -0.4 is 0 Å². The normalized spacial score (nSPS) is 18.0. The van der Waals surface area contributed by atoms with Crippen molar-refractivity contribution in [3.63, 3.8) is 0 Å². The number of halogens is 1. The van der Waals surface area contributed by atoms with E-state index in [1.165, 1.54) is 16.7 Å². The van der Waals surface area contributed by atoms with E-state index in [9.17, 15) is 4.79 Å². The largest absolute Gasteiger partial charge is 0.290 e. The Hall–Kier alpha value is -1.69. The molecule has 3 rings (SSSR count). The van der Waals surface area contributed by atoms with Gasteiger partial charge >= 0.3 is 0 Å². The van der Waals surface area contributed by atoms with E-state index in [0.29, 0.717) is 15.1 Å². The smallest absolute Gasteiger partial charge is 0.266 e. The minimum absolute atomic E-state index is 0.0466. The van der Waals surface area contributed by atoms with Gasteiger partial charge in [0.1, 0.15) is 0 Å². The predicted octanol–water partition coefficient (Wildman–Crippen LogP) is 5.30. The molecular formula is C18H15ClN2OS2. The Morgan fingerprint density at radius 1 is 1.21 bits per heavy atom. The molecule has 1 aliphatic rings. The van der Waals surface area contributed by atoms with Gasteiger partial charge in [0.2, 0.25) is 0 Å². The molecule has 0 N–H and O–H groups in total. The summed E-state index contributed by atoms with van der Waals surface area (Å²) in [6.07, 6.45) is 3.94. The van der Waals surface area contributed by atoms with Gasteiger partial charge < -0.3 is 0 Å². The molecule has 122 valence electrons. The van der Waals surface area contributed by atoms with Gasteiger partial charge in [-0.25, -0.2) is 4.99 Å². The topological polar surface area (TPSA) is 32.7 Å². The minimum atomic E-state index is -0.0466. The summed E-state index contributed by atoms with van der Waals surface area (Å²) in [5.41, 5.74) is 1.73. The SMILES string of the molecule is CSc1ccc(/C=C2/SC(=Nc3cccc(Cl)c3)N(C)C2=O)cc1. The molecule has 6 heteroatoms. The molecular weight excluding hydrogens is 360 g/mol. The van der Waals surface area contributed by atoms with E-state index in [-0.39, 0.29) is 5.91 Å². The van der Waals surface area contributed by atoms with E-state index in [0.717, 1.165) is 11.3 Å². The van der Waals surface area contributed by atoms with Crippen molar-refractivity contribution in [1.82, 2.24) is 4.90 Å². The van der Waals surface area contributed by atoms with Gasteiger partial charge in [0.05, 0.1) is 10.6 Å². The van der Waals surface area contributed by atoms with E-state index in [2.05, 4.69) is 4.99 Å². The molecule has 1 heterocycles. The Balaban J connectivity index is 1.86. The van der Waals surface area contributed by atoms with Gasteiger partial charge in [0.25, 0.3) is 5.91 Å². The molecule has 0 aliphatic carbocycles. The Kier molecular flexibility index (Phi) is 5.33. The molecule has 2 aromatic rings. The van der Waals surface area contributed by atoms with Gasteiger partial charge in [-0.05, 0) is 60.0 Å². The number of hydrogen-bond donors (Lipinski definition) is 0. The summed E-state index contributed by atoms with van der Waals surface area (Å²) in [7, 11) is 1.73. The summed E-state index contributed by atoms with van der Waals surface area (Å²) in [6.45, 7) is 0. The summed E-state index contributed by atoms with van der Waals surface area (Å²) in [5.74, 6) is -0.0466. The number of amidine groups is 1. The van der Waals surface area contributed by atoms with Crippen LogP contribution in [0.2, 0.25) is 5.02 Å². The second-order valence-electron chi connectivity index (χ2n) is 5.12. The summed E-state index contributed by atoms with van der Waals surface area (Å²) in [4.78, 5) is 20.4. The third kappa shape index (κ3) is 3.86. The fourth-order valence-electron chi connectivity index (χ4n) is 2.16. The van der Waals surface area contributed by atoms with Crippen molar-refractivity contribution in [2.75, 3.05) is 13.3 Å². The molecule has 1 aliphatic heterocycles. The molecule has 1 amide bonds. The van der Waals surface area contributed by atoms with Crippen LogP contribution in [0.25, 0.3) is 6.08 Å². The van der Waals surface area contributed by atoms with Crippen molar-refractivity contribution in [3.05, 3.63) is 64.0 Å². The van der Waals surface area contributed by atoms with Crippen LogP contribution in [0.1, 0.15) is 5.56 Å². The lowest BCUT2D eigenvalue weighted by atomic mass is 10.2. The zero-order valence-corrected chi connectivity index (χ0v) is 15.6. The molecule has 2 aromatic carbocycles. The first kappa shape index (κ1) is 17.1. The van der Waals surface area contributed by atoms with Crippen LogP contribution in [0.5, 0.6) is 0 Å². The first-order chi connectivity index (χ1) is 11.6. The predicted molar refractivity (Wildman–Crippen MR) is 105 cm³/mol. The zero-order chi connectivity index (χ0) is 17.1. The van der Waals surface area contributed by atoms with Crippen LogP contribution >= 0.6 is 35.1 Å². The number of carbonyl (C=O) groups excluding carboxylic acids is 1. The summed E-state index contributed by atoms with van der Waals surface area (Å²) in [5, 5.41) is 1.27. The number of aliphatic imine (C=N–C) groups is 1. The van der Waals surface area contributed by atoms with Gasteiger partial charge in [-0.15, -0.1) is 11.8 Å². The fourth-order valence-corrected chi connectivity index (χ4v) is 3.74. The van der Waals surface area contributed by atoms with E-state index < -0.39 is 0 Å². The lowest BCUT2D eigenvalue weighted by Gasteiger charge is -2.07. The Morgan fingerprint density at radius 3 is 2.62 bits per heavy atom. The quantitative estimate of drug-likeness (QED) is 0.540. The van der Waals surface area contributed by atoms with Crippen molar-refractivity contribution >= 4 is 58.0 Å². The fraction of sp³-hybridized carbons (Fsp3) is 0.111. The van der Waals surface area contributed by atoms with Gasteiger partial charge in [0, 0.05) is 17.0 Å². The lowest BCUT2D eigenvalue weighted by Crippen LogP contribution is -2.23. The highest BCUT2D eigenvalue weighted by Crippen LogP contribution is 2.33. The molecule has 0 saturated carbocycles. The molecule has 1 fully saturated rings. The number of hydrogen-bond acceptors (Lipinski definition) is 4. The monoisotopic (exact) mass is 374 g/mol. The third-order valence-corrected chi connectivity index (χ3v) is 5.49. The molecule has 3 nitrogen and oxygen atoms in total. The van der Waals surface area contributed by atoms with Crippen molar-refractivity contribution in [2.24, 2.45) is 4.99 Å². The second kappa shape index (κ2) is 7.47. The molecule has 0 unspecified atom stereocenters. The molecule has 24 heavy (non-hydrogen) atoms.